The quantitative estimate of drug-likeness (QED) is 0.713. The van der Waals surface area contributed by atoms with E-state index in [2.05, 4.69) is 10.2 Å². The molecule has 0 aliphatic carbocycles. The van der Waals surface area contributed by atoms with E-state index in [0.29, 0.717) is 0 Å². The van der Waals surface area contributed by atoms with Gasteiger partial charge in [-0.05, 0) is 32.9 Å². The smallest absolute Gasteiger partial charge is 0.149 e. The van der Waals surface area contributed by atoms with Gasteiger partial charge in [-0.2, -0.15) is 10.2 Å². The first-order chi connectivity index (χ1) is 7.06. The van der Waals surface area contributed by atoms with Gasteiger partial charge in [-0.25, -0.2) is 0 Å². The number of benzene rings is 1. The van der Waals surface area contributed by atoms with Gasteiger partial charge in [0.25, 0.3) is 0 Å². The largest absolute Gasteiger partial charge is 0.486 e. The molecule has 0 amide bonds. The average molecular weight is 202 g/mol. The van der Waals surface area contributed by atoms with Crippen LogP contribution >= 0.6 is 0 Å². The van der Waals surface area contributed by atoms with Crippen LogP contribution in [0.2, 0.25) is 0 Å². The molecule has 1 heterocycles. The molecule has 1 aromatic heterocycles. The van der Waals surface area contributed by atoms with Crippen LogP contribution in [0.5, 0.6) is 5.75 Å². The van der Waals surface area contributed by atoms with Crippen molar-refractivity contribution in [2.75, 3.05) is 0 Å². The summed E-state index contributed by atoms with van der Waals surface area (Å²) in [4.78, 5) is 0. The Hall–Kier alpha value is -1.64. The molecular formula is C12H14N2O. The molecule has 0 radical (unpaired) electrons. The van der Waals surface area contributed by atoms with Crippen LogP contribution in [-0.4, -0.2) is 15.8 Å². The first-order valence-corrected chi connectivity index (χ1v) is 4.96. The summed E-state index contributed by atoms with van der Waals surface area (Å²) in [5, 5.41) is 8.97. The molecular weight excluding hydrogens is 188 g/mol. The molecule has 0 atom stereocenters. The molecule has 15 heavy (non-hydrogen) atoms. The number of ether oxygens (including phenoxy) is 1. The maximum atomic E-state index is 5.81. The summed E-state index contributed by atoms with van der Waals surface area (Å²) in [5.74, 6) is 0.785. The van der Waals surface area contributed by atoms with Crippen molar-refractivity contribution in [1.82, 2.24) is 10.2 Å². The second-order valence-electron chi connectivity index (χ2n) is 4.44. The van der Waals surface area contributed by atoms with Crippen LogP contribution in [0.3, 0.4) is 0 Å². The third-order valence-electron chi connectivity index (χ3n) is 1.93. The number of hydrogen-bond acceptors (Lipinski definition) is 3. The van der Waals surface area contributed by atoms with Gasteiger partial charge in [0.15, 0.2) is 0 Å². The zero-order valence-corrected chi connectivity index (χ0v) is 9.19. The van der Waals surface area contributed by atoms with E-state index < -0.39 is 0 Å². The molecule has 0 saturated heterocycles. The van der Waals surface area contributed by atoms with Crippen LogP contribution < -0.4 is 4.74 Å². The zero-order chi connectivity index (χ0) is 10.9. The molecule has 0 aliphatic heterocycles. The first-order valence-electron chi connectivity index (χ1n) is 4.96. The van der Waals surface area contributed by atoms with Crippen molar-refractivity contribution in [3.05, 3.63) is 30.5 Å². The molecule has 2 rings (SSSR count). The van der Waals surface area contributed by atoms with E-state index in [1.807, 2.05) is 45.0 Å². The minimum Gasteiger partial charge on any atom is -0.486 e. The second kappa shape index (κ2) is 3.50. The van der Waals surface area contributed by atoms with E-state index in [9.17, 15) is 0 Å². The zero-order valence-electron chi connectivity index (χ0n) is 9.19. The fraction of sp³-hybridized carbons (Fsp3) is 0.333. The fourth-order valence-electron chi connectivity index (χ4n) is 1.39. The molecule has 0 unspecified atom stereocenters. The Bertz CT molecular complexity index is 469. The number of aromatic nitrogens is 2. The van der Waals surface area contributed by atoms with Crippen molar-refractivity contribution in [1.29, 1.82) is 0 Å². The highest BCUT2D eigenvalue weighted by molar-refractivity contribution is 5.83. The number of hydrogen-bond donors (Lipinski definition) is 0. The molecule has 0 spiro atoms. The molecule has 0 bridgehead atoms. The van der Waals surface area contributed by atoms with Crippen LogP contribution in [0.1, 0.15) is 20.8 Å². The molecule has 0 N–H and O–H groups in total. The van der Waals surface area contributed by atoms with Gasteiger partial charge < -0.3 is 4.74 Å². The predicted octanol–water partition coefficient (Wildman–Crippen LogP) is 2.81. The van der Waals surface area contributed by atoms with Crippen LogP contribution in [0.4, 0.5) is 0 Å². The Labute approximate surface area is 89.1 Å². The van der Waals surface area contributed by atoms with Gasteiger partial charge in [-0.1, -0.05) is 12.1 Å². The van der Waals surface area contributed by atoms with Crippen molar-refractivity contribution < 1.29 is 4.74 Å². The molecule has 3 nitrogen and oxygen atoms in total. The van der Waals surface area contributed by atoms with Gasteiger partial charge in [0, 0.05) is 5.39 Å². The van der Waals surface area contributed by atoms with Gasteiger partial charge in [-0.3, -0.25) is 0 Å². The lowest BCUT2D eigenvalue weighted by Crippen LogP contribution is -2.23. The minimum absolute atomic E-state index is 0.216. The summed E-state index contributed by atoms with van der Waals surface area (Å²) >= 11 is 0. The minimum atomic E-state index is -0.216. The van der Waals surface area contributed by atoms with Gasteiger partial charge in [0.1, 0.15) is 11.4 Å². The topological polar surface area (TPSA) is 35.0 Å². The van der Waals surface area contributed by atoms with E-state index in [-0.39, 0.29) is 5.60 Å². The van der Waals surface area contributed by atoms with Crippen LogP contribution in [-0.2, 0) is 0 Å². The van der Waals surface area contributed by atoms with Crippen molar-refractivity contribution in [3.63, 3.8) is 0 Å². The van der Waals surface area contributed by atoms with Crippen molar-refractivity contribution in [2.45, 2.75) is 26.4 Å². The summed E-state index contributed by atoms with van der Waals surface area (Å²) < 4.78 is 5.81. The van der Waals surface area contributed by atoms with Crippen LogP contribution in [0.15, 0.2) is 30.5 Å². The van der Waals surface area contributed by atoms with E-state index in [4.69, 9.17) is 4.74 Å². The third kappa shape index (κ3) is 2.24. The SMILES string of the molecule is CC(C)(C)Oc1cnnc2ccccc12. The number of nitrogens with zero attached hydrogens (tertiary/aromatic N) is 2. The molecule has 2 aromatic rings. The summed E-state index contributed by atoms with van der Waals surface area (Å²) in [5.41, 5.74) is 0.644. The third-order valence-corrected chi connectivity index (χ3v) is 1.93. The lowest BCUT2D eigenvalue weighted by atomic mass is 10.1. The lowest BCUT2D eigenvalue weighted by molar-refractivity contribution is 0.132. The molecule has 0 saturated carbocycles. The van der Waals surface area contributed by atoms with Gasteiger partial charge >= 0.3 is 0 Å². The van der Waals surface area contributed by atoms with E-state index in [1.165, 1.54) is 0 Å². The number of fused-ring (bicyclic) bond motifs is 1. The van der Waals surface area contributed by atoms with E-state index >= 15 is 0 Å². The van der Waals surface area contributed by atoms with E-state index in [1.54, 1.807) is 6.20 Å². The van der Waals surface area contributed by atoms with Crippen molar-refractivity contribution in [3.8, 4) is 5.75 Å². The highest BCUT2D eigenvalue weighted by Crippen LogP contribution is 2.25. The Morgan fingerprint density at radius 1 is 1.13 bits per heavy atom. The molecule has 1 aromatic carbocycles. The Morgan fingerprint density at radius 3 is 2.60 bits per heavy atom. The first kappa shape index (κ1) is 9.90. The monoisotopic (exact) mass is 202 g/mol. The maximum Gasteiger partial charge on any atom is 0.149 e. The van der Waals surface area contributed by atoms with Crippen LogP contribution in [0.25, 0.3) is 10.9 Å². The second-order valence-corrected chi connectivity index (χ2v) is 4.44. The average Bonchev–Trinajstić information content (AvgIpc) is 2.16. The molecule has 3 heteroatoms. The highest BCUT2D eigenvalue weighted by Gasteiger charge is 2.14. The lowest BCUT2D eigenvalue weighted by Gasteiger charge is -2.21. The number of rotatable bonds is 1. The van der Waals surface area contributed by atoms with Gasteiger partial charge in [-0.15, -0.1) is 0 Å². The summed E-state index contributed by atoms with van der Waals surface area (Å²) in [6.07, 6.45) is 1.66. The predicted molar refractivity (Wildman–Crippen MR) is 59.9 cm³/mol. The molecule has 0 aliphatic rings. The Morgan fingerprint density at radius 2 is 1.87 bits per heavy atom. The van der Waals surface area contributed by atoms with Gasteiger partial charge in [0.2, 0.25) is 0 Å². The Balaban J connectivity index is 2.52. The molecule has 0 fully saturated rings. The summed E-state index contributed by atoms with van der Waals surface area (Å²) in [6, 6.07) is 7.83. The van der Waals surface area contributed by atoms with Crippen molar-refractivity contribution >= 4 is 10.9 Å². The van der Waals surface area contributed by atoms with Crippen LogP contribution in [0, 0.1) is 0 Å². The Kier molecular flexibility index (Phi) is 2.31. The summed E-state index contributed by atoms with van der Waals surface area (Å²) in [6.45, 7) is 6.05. The fourth-order valence-corrected chi connectivity index (χ4v) is 1.39. The highest BCUT2D eigenvalue weighted by atomic mass is 16.5. The standard InChI is InChI=1S/C12H14N2O/c1-12(2,3)15-11-8-13-14-10-7-5-4-6-9(10)11/h4-8H,1-3H3. The van der Waals surface area contributed by atoms with Gasteiger partial charge in [0.05, 0.1) is 11.7 Å². The van der Waals surface area contributed by atoms with Crippen molar-refractivity contribution in [2.24, 2.45) is 0 Å². The maximum absolute atomic E-state index is 5.81. The van der Waals surface area contributed by atoms with E-state index in [0.717, 1.165) is 16.7 Å². The normalized spacial score (nSPS) is 11.7. The molecule has 78 valence electrons. The summed E-state index contributed by atoms with van der Waals surface area (Å²) in [7, 11) is 0.